The Morgan fingerprint density at radius 2 is 2.13 bits per heavy atom. The molecule has 1 amide bonds. The normalized spacial score (nSPS) is 10.1. The van der Waals surface area contributed by atoms with Gasteiger partial charge in [0.25, 0.3) is 0 Å². The van der Waals surface area contributed by atoms with Gasteiger partial charge in [-0.15, -0.1) is 0 Å². The molecular weight excluding hydrogens is 202 g/mol. The van der Waals surface area contributed by atoms with Crippen molar-refractivity contribution in [1.82, 2.24) is 5.32 Å². The lowest BCUT2D eigenvalue weighted by atomic mass is 10.1. The molecule has 0 saturated heterocycles. The van der Waals surface area contributed by atoms with Crippen molar-refractivity contribution in [3.05, 3.63) is 35.4 Å². The van der Waals surface area contributed by atoms with E-state index in [2.05, 4.69) is 5.32 Å². The molecule has 1 rings (SSSR count). The van der Waals surface area contributed by atoms with E-state index in [4.69, 9.17) is 5.73 Å². The smallest absolute Gasteiger partial charge is 0.224 e. The third kappa shape index (κ3) is 3.63. The van der Waals surface area contributed by atoms with Gasteiger partial charge in [0, 0.05) is 18.7 Å². The summed E-state index contributed by atoms with van der Waals surface area (Å²) in [6.45, 7) is 0.646. The fourth-order valence-electron chi connectivity index (χ4n) is 1.13. The van der Waals surface area contributed by atoms with E-state index in [0.29, 0.717) is 13.1 Å². The Balaban J connectivity index is 2.63. The van der Waals surface area contributed by atoms with Gasteiger partial charge in [-0.05, 0) is 18.2 Å². The molecule has 0 aliphatic heterocycles. The van der Waals surface area contributed by atoms with Gasteiger partial charge in [-0.1, -0.05) is 0 Å². The number of hydrogen-bond acceptors (Lipinski definition) is 2. The second-order valence-corrected chi connectivity index (χ2v) is 3.05. The first kappa shape index (κ1) is 11.6. The summed E-state index contributed by atoms with van der Waals surface area (Å²) < 4.78 is 25.8. The number of carbonyl (C=O) groups is 1. The molecule has 0 saturated carbocycles. The fraction of sp³-hybridized carbons (Fsp3) is 0.300. The van der Waals surface area contributed by atoms with Crippen molar-refractivity contribution >= 4 is 5.91 Å². The summed E-state index contributed by atoms with van der Waals surface area (Å²) in [7, 11) is 0. The lowest BCUT2D eigenvalue weighted by Crippen LogP contribution is -2.30. The van der Waals surface area contributed by atoms with Crippen LogP contribution in [0.1, 0.15) is 5.56 Å². The van der Waals surface area contributed by atoms with Gasteiger partial charge in [0.15, 0.2) is 0 Å². The summed E-state index contributed by atoms with van der Waals surface area (Å²) in [5.41, 5.74) is 5.22. The van der Waals surface area contributed by atoms with Crippen molar-refractivity contribution in [2.45, 2.75) is 6.42 Å². The summed E-state index contributed by atoms with van der Waals surface area (Å²) in [4.78, 5) is 11.2. The number of benzene rings is 1. The minimum Gasteiger partial charge on any atom is -0.355 e. The third-order valence-electron chi connectivity index (χ3n) is 1.83. The van der Waals surface area contributed by atoms with Gasteiger partial charge < -0.3 is 11.1 Å². The summed E-state index contributed by atoms with van der Waals surface area (Å²) >= 11 is 0. The van der Waals surface area contributed by atoms with Gasteiger partial charge in [0.2, 0.25) is 5.91 Å². The number of amides is 1. The number of nitrogens with two attached hydrogens (primary N) is 1. The van der Waals surface area contributed by atoms with E-state index in [1.807, 2.05) is 0 Å². The Morgan fingerprint density at radius 1 is 1.40 bits per heavy atom. The molecule has 1 aromatic carbocycles. The van der Waals surface area contributed by atoms with Crippen LogP contribution in [0, 0.1) is 11.6 Å². The van der Waals surface area contributed by atoms with Crippen molar-refractivity contribution in [3.8, 4) is 0 Å². The zero-order chi connectivity index (χ0) is 11.3. The highest BCUT2D eigenvalue weighted by molar-refractivity contribution is 5.78. The zero-order valence-electron chi connectivity index (χ0n) is 8.09. The Labute approximate surface area is 86.3 Å². The first-order valence-corrected chi connectivity index (χ1v) is 4.54. The first-order valence-electron chi connectivity index (χ1n) is 4.54. The van der Waals surface area contributed by atoms with E-state index in [-0.39, 0.29) is 17.9 Å². The molecule has 3 N–H and O–H groups in total. The van der Waals surface area contributed by atoms with E-state index in [0.717, 1.165) is 18.2 Å². The summed E-state index contributed by atoms with van der Waals surface area (Å²) in [6.07, 6.45) is -0.177. The van der Waals surface area contributed by atoms with E-state index in [9.17, 15) is 13.6 Å². The van der Waals surface area contributed by atoms with Crippen LogP contribution in [-0.2, 0) is 11.2 Å². The molecule has 0 aromatic heterocycles. The maximum absolute atomic E-state index is 13.1. The van der Waals surface area contributed by atoms with Gasteiger partial charge >= 0.3 is 0 Å². The molecule has 0 aliphatic rings. The molecule has 1 aromatic rings. The van der Waals surface area contributed by atoms with Gasteiger partial charge in [-0.2, -0.15) is 0 Å². The highest BCUT2D eigenvalue weighted by Gasteiger charge is 2.08. The second-order valence-electron chi connectivity index (χ2n) is 3.05. The predicted octanol–water partition coefficient (Wildman–Crippen LogP) is 0.582. The third-order valence-corrected chi connectivity index (χ3v) is 1.83. The number of halogens is 2. The van der Waals surface area contributed by atoms with E-state index >= 15 is 0 Å². The molecular formula is C10H12F2N2O. The Kier molecular flexibility index (Phi) is 4.17. The first-order chi connectivity index (χ1) is 7.13. The quantitative estimate of drug-likeness (QED) is 0.770. The Morgan fingerprint density at radius 3 is 2.80 bits per heavy atom. The Hall–Kier alpha value is -1.49. The van der Waals surface area contributed by atoms with E-state index in [1.54, 1.807) is 0 Å². The van der Waals surface area contributed by atoms with Crippen LogP contribution in [-0.4, -0.2) is 19.0 Å². The lowest BCUT2D eigenvalue weighted by molar-refractivity contribution is -0.120. The van der Waals surface area contributed by atoms with Crippen molar-refractivity contribution in [3.63, 3.8) is 0 Å². The molecule has 0 radical (unpaired) electrons. The zero-order valence-corrected chi connectivity index (χ0v) is 8.09. The number of nitrogens with one attached hydrogen (secondary N) is 1. The molecule has 3 nitrogen and oxygen atoms in total. The van der Waals surface area contributed by atoms with Gasteiger partial charge in [-0.25, -0.2) is 8.78 Å². The van der Waals surface area contributed by atoms with Crippen molar-refractivity contribution in [2.75, 3.05) is 13.1 Å². The molecule has 0 unspecified atom stereocenters. The summed E-state index contributed by atoms with van der Waals surface area (Å²) in [5, 5.41) is 2.47. The maximum atomic E-state index is 13.1. The van der Waals surface area contributed by atoms with Crippen LogP contribution in [0.15, 0.2) is 18.2 Å². The second kappa shape index (κ2) is 5.41. The summed E-state index contributed by atoms with van der Waals surface area (Å²) in [5.74, 6) is -1.51. The average Bonchev–Trinajstić information content (AvgIpc) is 2.20. The van der Waals surface area contributed by atoms with Crippen molar-refractivity contribution < 1.29 is 13.6 Å². The number of carbonyl (C=O) groups excluding carboxylic acids is 1. The standard InChI is InChI=1S/C10H12F2N2O/c11-8-1-2-9(12)7(5-8)6-10(15)14-4-3-13/h1-2,5H,3-4,6,13H2,(H,14,15). The summed E-state index contributed by atoms with van der Waals surface area (Å²) in [6, 6.07) is 3.02. The van der Waals surface area contributed by atoms with Crippen LogP contribution in [0.25, 0.3) is 0 Å². The van der Waals surface area contributed by atoms with Crippen LogP contribution in [0.3, 0.4) is 0 Å². The van der Waals surface area contributed by atoms with E-state index < -0.39 is 11.6 Å². The van der Waals surface area contributed by atoms with Crippen LogP contribution in [0.4, 0.5) is 8.78 Å². The average molecular weight is 214 g/mol. The minimum absolute atomic E-state index is 0.0459. The van der Waals surface area contributed by atoms with Crippen LogP contribution in [0.2, 0.25) is 0 Å². The van der Waals surface area contributed by atoms with Gasteiger partial charge in [-0.3, -0.25) is 4.79 Å². The van der Waals surface area contributed by atoms with E-state index in [1.165, 1.54) is 0 Å². The van der Waals surface area contributed by atoms with Crippen LogP contribution < -0.4 is 11.1 Å². The fourth-order valence-corrected chi connectivity index (χ4v) is 1.13. The molecule has 0 aliphatic carbocycles. The largest absolute Gasteiger partial charge is 0.355 e. The molecule has 0 atom stereocenters. The molecule has 0 fully saturated rings. The molecule has 82 valence electrons. The van der Waals surface area contributed by atoms with Gasteiger partial charge in [0.05, 0.1) is 6.42 Å². The molecule has 5 heteroatoms. The Bertz CT molecular complexity index is 355. The molecule has 15 heavy (non-hydrogen) atoms. The van der Waals surface area contributed by atoms with Crippen molar-refractivity contribution in [2.24, 2.45) is 5.73 Å². The lowest BCUT2D eigenvalue weighted by Gasteiger charge is -2.04. The monoisotopic (exact) mass is 214 g/mol. The molecule has 0 spiro atoms. The van der Waals surface area contributed by atoms with Crippen LogP contribution >= 0.6 is 0 Å². The number of hydrogen-bond donors (Lipinski definition) is 2. The van der Waals surface area contributed by atoms with Crippen LogP contribution in [0.5, 0.6) is 0 Å². The van der Waals surface area contributed by atoms with Crippen molar-refractivity contribution in [1.29, 1.82) is 0 Å². The highest BCUT2D eigenvalue weighted by Crippen LogP contribution is 2.09. The predicted molar refractivity (Wildman–Crippen MR) is 52.1 cm³/mol. The minimum atomic E-state index is -0.584. The highest BCUT2D eigenvalue weighted by atomic mass is 19.1. The molecule has 0 bridgehead atoms. The van der Waals surface area contributed by atoms with Gasteiger partial charge in [0.1, 0.15) is 11.6 Å². The molecule has 0 heterocycles. The SMILES string of the molecule is NCCNC(=O)Cc1cc(F)ccc1F. The maximum Gasteiger partial charge on any atom is 0.224 e. The topological polar surface area (TPSA) is 55.1 Å². The number of rotatable bonds is 4.